The lowest BCUT2D eigenvalue weighted by Crippen LogP contribution is -2.30. The minimum atomic E-state index is 0.242. The zero-order valence-corrected chi connectivity index (χ0v) is 10.4. The standard InChI is InChI=1S/C14H16N2S/c17-9-10-5-7-11(8-6-10)14-15-12-3-1-2-4-13(12)16-14/h1-8,12-17H,9H2. The van der Waals surface area contributed by atoms with Crippen molar-refractivity contribution in [2.45, 2.75) is 24.0 Å². The van der Waals surface area contributed by atoms with Crippen molar-refractivity contribution in [3.05, 3.63) is 59.7 Å². The Morgan fingerprint density at radius 2 is 1.53 bits per heavy atom. The van der Waals surface area contributed by atoms with E-state index < -0.39 is 0 Å². The van der Waals surface area contributed by atoms with Crippen LogP contribution in [-0.2, 0) is 5.75 Å². The van der Waals surface area contributed by atoms with E-state index in [2.05, 4.69) is 71.8 Å². The highest BCUT2D eigenvalue weighted by Crippen LogP contribution is 2.22. The SMILES string of the molecule is SCc1ccc(C2NC3C=CC=CC3N2)cc1. The highest BCUT2D eigenvalue weighted by molar-refractivity contribution is 7.79. The third-order valence-electron chi connectivity index (χ3n) is 3.35. The molecule has 1 aromatic rings. The van der Waals surface area contributed by atoms with E-state index in [9.17, 15) is 0 Å². The molecule has 0 radical (unpaired) electrons. The number of hydrogen-bond donors (Lipinski definition) is 3. The number of fused-ring (bicyclic) bond motifs is 1. The fraction of sp³-hybridized carbons (Fsp3) is 0.286. The van der Waals surface area contributed by atoms with E-state index in [1.165, 1.54) is 11.1 Å². The molecule has 2 N–H and O–H groups in total. The summed E-state index contributed by atoms with van der Waals surface area (Å²) in [5.74, 6) is 0.794. The van der Waals surface area contributed by atoms with Gasteiger partial charge in [0.25, 0.3) is 0 Å². The molecule has 1 aromatic carbocycles. The smallest absolute Gasteiger partial charge is 0.0845 e. The molecule has 0 aromatic heterocycles. The summed E-state index contributed by atoms with van der Waals surface area (Å²) >= 11 is 4.27. The van der Waals surface area contributed by atoms with Crippen LogP contribution in [0.5, 0.6) is 0 Å². The van der Waals surface area contributed by atoms with Crippen molar-refractivity contribution < 1.29 is 0 Å². The maximum Gasteiger partial charge on any atom is 0.0845 e. The van der Waals surface area contributed by atoms with Crippen LogP contribution in [0.3, 0.4) is 0 Å². The third-order valence-corrected chi connectivity index (χ3v) is 3.71. The molecule has 2 unspecified atom stereocenters. The first-order chi connectivity index (χ1) is 8.36. The molecule has 0 saturated carbocycles. The Bertz CT molecular complexity index is 430. The minimum Gasteiger partial charge on any atom is -0.290 e. The van der Waals surface area contributed by atoms with Crippen molar-refractivity contribution in [3.63, 3.8) is 0 Å². The third kappa shape index (κ3) is 2.18. The van der Waals surface area contributed by atoms with Gasteiger partial charge in [-0.1, -0.05) is 48.6 Å². The Kier molecular flexibility index (Phi) is 3.05. The topological polar surface area (TPSA) is 24.1 Å². The molecule has 1 aliphatic carbocycles. The summed E-state index contributed by atoms with van der Waals surface area (Å²) in [7, 11) is 0. The predicted molar refractivity (Wildman–Crippen MR) is 74.0 cm³/mol. The Balaban J connectivity index is 1.77. The summed E-state index contributed by atoms with van der Waals surface area (Å²) in [5, 5.41) is 7.16. The molecule has 0 amide bonds. The van der Waals surface area contributed by atoms with Crippen LogP contribution in [-0.4, -0.2) is 12.1 Å². The molecule has 0 spiro atoms. The van der Waals surface area contributed by atoms with Crippen LogP contribution < -0.4 is 10.6 Å². The quantitative estimate of drug-likeness (QED) is 0.695. The zero-order chi connectivity index (χ0) is 11.7. The van der Waals surface area contributed by atoms with Crippen LogP contribution in [0, 0.1) is 0 Å². The van der Waals surface area contributed by atoms with E-state index in [4.69, 9.17) is 0 Å². The molecule has 3 heteroatoms. The van der Waals surface area contributed by atoms with E-state index in [0.717, 1.165) is 5.75 Å². The molecular weight excluding hydrogens is 228 g/mol. The number of allylic oxidation sites excluding steroid dienone is 2. The number of hydrogen-bond acceptors (Lipinski definition) is 3. The van der Waals surface area contributed by atoms with Gasteiger partial charge in [-0.15, -0.1) is 0 Å². The first-order valence-electron chi connectivity index (χ1n) is 5.93. The average Bonchev–Trinajstić information content (AvgIpc) is 2.82. The molecule has 3 rings (SSSR count). The first kappa shape index (κ1) is 11.1. The van der Waals surface area contributed by atoms with Gasteiger partial charge in [-0.2, -0.15) is 12.6 Å². The Labute approximate surface area is 107 Å². The van der Waals surface area contributed by atoms with Crippen LogP contribution in [0.25, 0.3) is 0 Å². The average molecular weight is 244 g/mol. The van der Waals surface area contributed by atoms with E-state index in [1.54, 1.807) is 0 Å². The van der Waals surface area contributed by atoms with Crippen molar-refractivity contribution in [2.75, 3.05) is 0 Å². The van der Waals surface area contributed by atoms with Crippen molar-refractivity contribution in [3.8, 4) is 0 Å². The van der Waals surface area contributed by atoms with Gasteiger partial charge in [-0.05, 0) is 11.1 Å². The summed E-state index contributed by atoms with van der Waals surface area (Å²) in [6.07, 6.45) is 8.86. The maximum atomic E-state index is 4.27. The summed E-state index contributed by atoms with van der Waals surface area (Å²) in [4.78, 5) is 0. The van der Waals surface area contributed by atoms with Crippen LogP contribution in [0.4, 0.5) is 0 Å². The molecule has 1 fully saturated rings. The molecule has 0 bridgehead atoms. The number of nitrogens with one attached hydrogen (secondary N) is 2. The fourth-order valence-corrected chi connectivity index (χ4v) is 2.58. The number of benzene rings is 1. The second kappa shape index (κ2) is 4.69. The monoisotopic (exact) mass is 244 g/mol. The number of thiol groups is 1. The highest BCUT2D eigenvalue weighted by atomic mass is 32.1. The summed E-state index contributed by atoms with van der Waals surface area (Å²) in [5.41, 5.74) is 2.54. The lowest BCUT2D eigenvalue weighted by Gasteiger charge is -2.13. The molecule has 1 heterocycles. The van der Waals surface area contributed by atoms with Gasteiger partial charge in [0.2, 0.25) is 0 Å². The first-order valence-corrected chi connectivity index (χ1v) is 6.57. The molecule has 2 atom stereocenters. The molecule has 88 valence electrons. The summed E-state index contributed by atoms with van der Waals surface area (Å²) in [6, 6.07) is 9.44. The van der Waals surface area contributed by atoms with Gasteiger partial charge in [0.05, 0.1) is 6.17 Å². The zero-order valence-electron chi connectivity index (χ0n) is 9.51. The van der Waals surface area contributed by atoms with Crippen molar-refractivity contribution >= 4 is 12.6 Å². The second-order valence-electron chi connectivity index (χ2n) is 4.49. The lowest BCUT2D eigenvalue weighted by molar-refractivity contribution is 0.568. The number of rotatable bonds is 2. The molecule has 2 nitrogen and oxygen atoms in total. The normalized spacial score (nSPS) is 30.5. The van der Waals surface area contributed by atoms with Gasteiger partial charge in [-0.25, -0.2) is 0 Å². The van der Waals surface area contributed by atoms with Crippen molar-refractivity contribution in [2.24, 2.45) is 0 Å². The van der Waals surface area contributed by atoms with Crippen molar-refractivity contribution in [1.82, 2.24) is 10.6 Å². The summed E-state index contributed by atoms with van der Waals surface area (Å²) < 4.78 is 0. The Morgan fingerprint density at radius 3 is 2.06 bits per heavy atom. The van der Waals surface area contributed by atoms with Gasteiger partial charge in [-0.3, -0.25) is 10.6 Å². The van der Waals surface area contributed by atoms with Gasteiger partial charge in [0, 0.05) is 17.8 Å². The van der Waals surface area contributed by atoms with Crippen LogP contribution in [0.1, 0.15) is 17.3 Å². The van der Waals surface area contributed by atoms with E-state index in [-0.39, 0.29) is 6.17 Å². The highest BCUT2D eigenvalue weighted by Gasteiger charge is 2.30. The molecule has 17 heavy (non-hydrogen) atoms. The summed E-state index contributed by atoms with van der Waals surface area (Å²) in [6.45, 7) is 0. The largest absolute Gasteiger partial charge is 0.290 e. The Hall–Kier alpha value is -1.03. The van der Waals surface area contributed by atoms with Crippen LogP contribution in [0.2, 0.25) is 0 Å². The minimum absolute atomic E-state index is 0.242. The van der Waals surface area contributed by atoms with Crippen LogP contribution >= 0.6 is 12.6 Å². The predicted octanol–water partition coefficient (Wildman–Crippen LogP) is 2.17. The van der Waals surface area contributed by atoms with E-state index in [0.29, 0.717) is 12.1 Å². The van der Waals surface area contributed by atoms with E-state index in [1.807, 2.05) is 0 Å². The fourth-order valence-electron chi connectivity index (χ4n) is 2.37. The second-order valence-corrected chi connectivity index (χ2v) is 4.80. The molecule has 2 aliphatic rings. The van der Waals surface area contributed by atoms with Gasteiger partial charge >= 0.3 is 0 Å². The maximum absolute atomic E-state index is 4.27. The lowest BCUT2D eigenvalue weighted by atomic mass is 10.1. The van der Waals surface area contributed by atoms with Crippen LogP contribution in [0.15, 0.2) is 48.6 Å². The molecule has 1 saturated heterocycles. The van der Waals surface area contributed by atoms with E-state index >= 15 is 0 Å². The van der Waals surface area contributed by atoms with Crippen molar-refractivity contribution in [1.29, 1.82) is 0 Å². The van der Waals surface area contributed by atoms with Gasteiger partial charge in [0.15, 0.2) is 0 Å². The Morgan fingerprint density at radius 1 is 0.941 bits per heavy atom. The van der Waals surface area contributed by atoms with Gasteiger partial charge < -0.3 is 0 Å². The van der Waals surface area contributed by atoms with Gasteiger partial charge in [0.1, 0.15) is 0 Å². The molecule has 1 aliphatic heterocycles. The molecular formula is C14H16N2S.